The number of hydrogen-bond acceptors (Lipinski definition) is 6. The second kappa shape index (κ2) is 10.1. The highest BCUT2D eigenvalue weighted by Crippen LogP contribution is 2.09. The van der Waals surface area contributed by atoms with Gasteiger partial charge >= 0.3 is 20.8 Å². The first kappa shape index (κ1) is 19.4. The average molecular weight is 330 g/mol. The smallest absolute Gasteiger partial charge is 0.369 e. The molecule has 0 fully saturated rings. The summed E-state index contributed by atoms with van der Waals surface area (Å²) < 4.78 is 57.7. The highest BCUT2D eigenvalue weighted by Gasteiger charge is 2.20. The van der Waals surface area contributed by atoms with Crippen LogP contribution in [-0.4, -0.2) is 21.4 Å². The van der Waals surface area contributed by atoms with Crippen LogP contribution >= 0.6 is 0 Å². The molecule has 120 valence electrons. The van der Waals surface area contributed by atoms with Crippen LogP contribution in [0, 0.1) is 0 Å². The highest BCUT2D eigenvalue weighted by molar-refractivity contribution is 7.94. The molecule has 0 atom stereocenters. The van der Waals surface area contributed by atoms with Crippen LogP contribution in [0.25, 0.3) is 0 Å². The third-order valence-corrected chi connectivity index (χ3v) is 4.11. The normalized spacial score (nSPS) is 12.9. The van der Waals surface area contributed by atoms with E-state index in [1.807, 2.05) is 0 Å². The minimum absolute atomic E-state index is 0.620. The molecule has 9 heteroatoms. The van der Waals surface area contributed by atoms with Crippen molar-refractivity contribution in [1.82, 2.24) is 0 Å². The van der Waals surface area contributed by atoms with Gasteiger partial charge < -0.3 is 4.18 Å². The number of allylic oxidation sites excluding steroid dienone is 1. The Morgan fingerprint density at radius 2 is 1.50 bits per heavy atom. The average Bonchev–Trinajstić information content (AvgIpc) is 2.28. The molecule has 0 aromatic carbocycles. The fourth-order valence-corrected chi connectivity index (χ4v) is 2.70. The maximum Gasteiger partial charge on any atom is 0.465 e. The Balaban J connectivity index is 3.67. The van der Waals surface area contributed by atoms with Crippen LogP contribution in [-0.2, 0) is 28.6 Å². The summed E-state index contributed by atoms with van der Waals surface area (Å²) >= 11 is 0. The third-order valence-electron chi connectivity index (χ3n) is 2.41. The highest BCUT2D eigenvalue weighted by atomic mass is 32.3. The number of hydrogen-bond donors (Lipinski definition) is 1. The fraction of sp³-hybridized carbons (Fsp3) is 0.818. The van der Waals surface area contributed by atoms with Crippen molar-refractivity contribution in [1.29, 1.82) is 0 Å². The van der Waals surface area contributed by atoms with Crippen molar-refractivity contribution in [3.63, 3.8) is 0 Å². The van der Waals surface area contributed by atoms with E-state index in [4.69, 9.17) is 4.55 Å². The van der Waals surface area contributed by atoms with Gasteiger partial charge in [-0.05, 0) is 18.9 Å². The minimum atomic E-state index is -5.09. The molecule has 0 spiro atoms. The molecule has 0 rings (SSSR count). The maximum absolute atomic E-state index is 10.8. The lowest BCUT2D eigenvalue weighted by atomic mass is 10.1. The lowest BCUT2D eigenvalue weighted by Crippen LogP contribution is -2.13. The molecule has 0 heterocycles. The zero-order valence-corrected chi connectivity index (χ0v) is 13.2. The molecular weight excluding hydrogens is 308 g/mol. The summed E-state index contributed by atoms with van der Waals surface area (Å²) in [6.07, 6.45) is 10.9. The number of rotatable bonds is 12. The molecule has 0 amide bonds. The molecule has 0 aromatic rings. The van der Waals surface area contributed by atoms with Gasteiger partial charge in [0.1, 0.15) is 6.26 Å². The first-order chi connectivity index (χ1) is 9.27. The van der Waals surface area contributed by atoms with E-state index in [9.17, 15) is 16.8 Å². The zero-order valence-electron chi connectivity index (χ0n) is 11.5. The molecule has 0 aromatic heterocycles. The lowest BCUT2D eigenvalue weighted by Gasteiger charge is -2.00. The molecule has 0 bridgehead atoms. The van der Waals surface area contributed by atoms with Crippen LogP contribution in [0.15, 0.2) is 12.3 Å². The number of unbranched alkanes of at least 4 members (excludes halogenated alkanes) is 7. The second-order valence-corrected chi connectivity index (χ2v) is 6.69. The Labute approximate surface area is 121 Å². The van der Waals surface area contributed by atoms with Gasteiger partial charge in [-0.2, -0.15) is 16.8 Å². The molecule has 7 nitrogen and oxygen atoms in total. The van der Waals surface area contributed by atoms with Gasteiger partial charge in [0.15, 0.2) is 0 Å². The van der Waals surface area contributed by atoms with Gasteiger partial charge in [-0.15, -0.1) is 0 Å². The van der Waals surface area contributed by atoms with Crippen LogP contribution in [0.1, 0.15) is 58.3 Å². The standard InChI is InChI=1S/C11H22O7S2/c1-2-3-4-5-6-7-8-9-10-11-17-20(15,16)18-19(12,13)14/h10-11H,2-9H2,1H3,(H,12,13,14). The van der Waals surface area contributed by atoms with Crippen molar-refractivity contribution >= 4 is 20.8 Å². The Morgan fingerprint density at radius 3 is 2.05 bits per heavy atom. The van der Waals surface area contributed by atoms with E-state index in [1.54, 1.807) is 0 Å². The quantitative estimate of drug-likeness (QED) is 0.333. The van der Waals surface area contributed by atoms with Gasteiger partial charge in [0.25, 0.3) is 0 Å². The van der Waals surface area contributed by atoms with Crippen molar-refractivity contribution in [2.24, 2.45) is 0 Å². The lowest BCUT2D eigenvalue weighted by molar-refractivity contribution is 0.330. The Kier molecular flexibility index (Phi) is 9.82. The molecule has 0 saturated heterocycles. The summed E-state index contributed by atoms with van der Waals surface area (Å²) in [5.74, 6) is 0. The molecular formula is C11H22O7S2. The zero-order chi connectivity index (χ0) is 15.5. The molecule has 1 N–H and O–H groups in total. The van der Waals surface area contributed by atoms with E-state index < -0.39 is 20.8 Å². The summed E-state index contributed by atoms with van der Waals surface area (Å²) in [5, 5.41) is 0. The SMILES string of the molecule is CCCCCCCCCC=COS(=O)(=O)OS(=O)(=O)O. The van der Waals surface area contributed by atoms with E-state index in [0.29, 0.717) is 6.42 Å². The summed E-state index contributed by atoms with van der Waals surface area (Å²) in [6, 6.07) is 0. The van der Waals surface area contributed by atoms with E-state index in [0.717, 1.165) is 25.5 Å². The monoisotopic (exact) mass is 330 g/mol. The molecule has 20 heavy (non-hydrogen) atoms. The van der Waals surface area contributed by atoms with E-state index in [-0.39, 0.29) is 0 Å². The molecule has 0 saturated carbocycles. The Morgan fingerprint density at radius 1 is 0.950 bits per heavy atom. The summed E-state index contributed by atoms with van der Waals surface area (Å²) in [6.45, 7) is 2.16. The Hall–Kier alpha value is -0.640. The maximum atomic E-state index is 10.8. The van der Waals surface area contributed by atoms with Crippen LogP contribution in [0.3, 0.4) is 0 Å². The van der Waals surface area contributed by atoms with E-state index in [1.165, 1.54) is 31.8 Å². The minimum Gasteiger partial charge on any atom is -0.369 e. The van der Waals surface area contributed by atoms with Gasteiger partial charge in [0, 0.05) is 0 Å². The van der Waals surface area contributed by atoms with Crippen LogP contribution < -0.4 is 0 Å². The van der Waals surface area contributed by atoms with Gasteiger partial charge in [-0.25, -0.2) is 0 Å². The third kappa shape index (κ3) is 13.8. The molecule has 0 aliphatic heterocycles. The van der Waals surface area contributed by atoms with E-state index in [2.05, 4.69) is 14.7 Å². The first-order valence-electron chi connectivity index (χ1n) is 6.53. The van der Waals surface area contributed by atoms with Crippen molar-refractivity contribution < 1.29 is 29.2 Å². The molecule has 0 radical (unpaired) electrons. The van der Waals surface area contributed by atoms with Crippen molar-refractivity contribution in [2.45, 2.75) is 58.3 Å². The predicted octanol–water partition coefficient (Wildman–Crippen LogP) is 2.72. The van der Waals surface area contributed by atoms with Gasteiger partial charge in [-0.1, -0.05) is 49.1 Å². The topological polar surface area (TPSA) is 107 Å². The molecule has 0 unspecified atom stereocenters. The molecule has 0 aliphatic carbocycles. The van der Waals surface area contributed by atoms with Crippen LogP contribution in [0.5, 0.6) is 0 Å². The Bertz CT molecular complexity index is 465. The molecule has 0 aliphatic rings. The van der Waals surface area contributed by atoms with Crippen LogP contribution in [0.2, 0.25) is 0 Å². The van der Waals surface area contributed by atoms with Crippen molar-refractivity contribution in [2.75, 3.05) is 0 Å². The van der Waals surface area contributed by atoms with Gasteiger partial charge in [0.05, 0.1) is 0 Å². The summed E-state index contributed by atoms with van der Waals surface area (Å²) in [7, 11) is -9.86. The van der Waals surface area contributed by atoms with Crippen LogP contribution in [0.4, 0.5) is 0 Å². The van der Waals surface area contributed by atoms with Gasteiger partial charge in [-0.3, -0.25) is 4.55 Å². The largest absolute Gasteiger partial charge is 0.465 e. The van der Waals surface area contributed by atoms with Crippen molar-refractivity contribution in [3.05, 3.63) is 12.3 Å². The fourth-order valence-electron chi connectivity index (χ4n) is 1.52. The van der Waals surface area contributed by atoms with Gasteiger partial charge in [0.2, 0.25) is 0 Å². The summed E-state index contributed by atoms with van der Waals surface area (Å²) in [5.41, 5.74) is 0. The predicted molar refractivity (Wildman–Crippen MR) is 74.4 cm³/mol. The summed E-state index contributed by atoms with van der Waals surface area (Å²) in [4.78, 5) is 0. The van der Waals surface area contributed by atoms with E-state index >= 15 is 0 Å². The first-order valence-corrected chi connectivity index (χ1v) is 9.23. The van der Waals surface area contributed by atoms with Crippen molar-refractivity contribution in [3.8, 4) is 0 Å². The second-order valence-electron chi connectivity index (χ2n) is 4.28.